The minimum absolute atomic E-state index is 0.0968. The maximum absolute atomic E-state index is 12.2. The molecule has 2 rings (SSSR count). The maximum atomic E-state index is 12.2. The number of nitrogens with one attached hydrogen (secondary N) is 1. The molecule has 2 aromatic rings. The molecule has 0 aromatic heterocycles. The van der Waals surface area contributed by atoms with Crippen molar-refractivity contribution >= 4 is 17.8 Å². The van der Waals surface area contributed by atoms with Gasteiger partial charge in [-0.25, -0.2) is 10.2 Å². The van der Waals surface area contributed by atoms with Gasteiger partial charge >= 0.3 is 0 Å². The Hall–Kier alpha value is -2.99. The van der Waals surface area contributed by atoms with Crippen LogP contribution in [0.15, 0.2) is 60.4 Å². The van der Waals surface area contributed by atoms with Crippen LogP contribution in [0.25, 0.3) is 12.2 Å². The van der Waals surface area contributed by atoms with E-state index in [0.29, 0.717) is 11.4 Å². The number of hydrogen-bond acceptors (Lipinski definition) is 5. The molecule has 0 fully saturated rings. The summed E-state index contributed by atoms with van der Waals surface area (Å²) in [5.41, 5.74) is 9.55. The second kappa shape index (κ2) is 10.9. The molecule has 0 atom stereocenters. The van der Waals surface area contributed by atoms with Crippen LogP contribution in [0.3, 0.4) is 0 Å². The van der Waals surface area contributed by atoms with Crippen molar-refractivity contribution in [2.24, 2.45) is 11.6 Å². The van der Waals surface area contributed by atoms with Crippen molar-refractivity contribution in [2.75, 3.05) is 31.7 Å². The molecule has 5 N–H and O–H groups in total. The van der Waals surface area contributed by atoms with Crippen LogP contribution in [-0.2, 0) is 0 Å². The second-order valence-corrected chi connectivity index (χ2v) is 5.97. The molecule has 0 radical (unpaired) electrons. The summed E-state index contributed by atoms with van der Waals surface area (Å²) in [6.07, 6.45) is 5.58. The number of nitrogens with two attached hydrogens (primary N) is 2. The zero-order chi connectivity index (χ0) is 19.5. The normalized spacial score (nSPS) is 11.6. The third-order valence-corrected chi connectivity index (χ3v) is 3.72. The number of halogens is 1. The number of alkyl halides is 1. The molecule has 0 aliphatic heterocycles. The number of hydrazine groups is 1. The fourth-order valence-electron chi connectivity index (χ4n) is 2.36. The van der Waals surface area contributed by atoms with Crippen LogP contribution in [0.1, 0.15) is 18.1 Å². The lowest BCUT2D eigenvalue weighted by molar-refractivity contribution is 0.318. The molecule has 0 saturated heterocycles. The minimum Gasteiger partial charge on any atom is -0.487 e. The van der Waals surface area contributed by atoms with Crippen molar-refractivity contribution in [2.45, 2.75) is 6.92 Å². The lowest BCUT2D eigenvalue weighted by Crippen LogP contribution is -2.29. The summed E-state index contributed by atoms with van der Waals surface area (Å²) in [7, 11) is 0. The summed E-state index contributed by atoms with van der Waals surface area (Å²) in [6.45, 7) is 2.74. The third kappa shape index (κ3) is 7.42. The molecule has 2 aromatic carbocycles. The zero-order valence-electron chi connectivity index (χ0n) is 15.6. The van der Waals surface area contributed by atoms with Gasteiger partial charge in [0.2, 0.25) is 0 Å². The van der Waals surface area contributed by atoms with E-state index < -0.39 is 6.67 Å². The molecule has 27 heavy (non-hydrogen) atoms. The monoisotopic (exact) mass is 370 g/mol. The van der Waals surface area contributed by atoms with Gasteiger partial charge in [-0.2, -0.15) is 0 Å². The van der Waals surface area contributed by atoms with E-state index in [9.17, 15) is 4.39 Å². The average molecular weight is 370 g/mol. The standard InChI is InChI=1S/C21H27FN4O/c1-2-25-20-9-5-17(6-10-20)3-4-18-7-11-21(12-8-18)27-16-19(23)15-26(24)14-13-22/h3-12,15,25H,2,13-14,16,23-24H2,1H3/b4-3+,19-15-. The van der Waals surface area contributed by atoms with E-state index >= 15 is 0 Å². The highest BCUT2D eigenvalue weighted by atomic mass is 19.1. The largest absolute Gasteiger partial charge is 0.487 e. The minimum atomic E-state index is -0.532. The van der Waals surface area contributed by atoms with Gasteiger partial charge in [-0.05, 0) is 42.3 Å². The van der Waals surface area contributed by atoms with Crippen molar-refractivity contribution in [3.05, 3.63) is 71.6 Å². The summed E-state index contributed by atoms with van der Waals surface area (Å²) in [5.74, 6) is 6.25. The molecule has 0 spiro atoms. The number of nitrogens with zero attached hydrogens (tertiary/aromatic N) is 1. The molecule has 144 valence electrons. The van der Waals surface area contributed by atoms with Crippen LogP contribution in [0, 0.1) is 0 Å². The van der Waals surface area contributed by atoms with Gasteiger partial charge in [-0.3, -0.25) is 0 Å². The fraction of sp³-hybridized carbons (Fsp3) is 0.238. The molecule has 5 nitrogen and oxygen atoms in total. The molecule has 0 aliphatic carbocycles. The van der Waals surface area contributed by atoms with Gasteiger partial charge in [0.1, 0.15) is 19.0 Å². The highest BCUT2D eigenvalue weighted by molar-refractivity contribution is 5.70. The summed E-state index contributed by atoms with van der Waals surface area (Å²) >= 11 is 0. The highest BCUT2D eigenvalue weighted by Gasteiger charge is 1.98. The topological polar surface area (TPSA) is 76.5 Å². The van der Waals surface area contributed by atoms with Gasteiger partial charge in [-0.1, -0.05) is 36.4 Å². The third-order valence-electron chi connectivity index (χ3n) is 3.72. The number of hydrogen-bond donors (Lipinski definition) is 3. The Morgan fingerprint density at radius 3 is 2.22 bits per heavy atom. The Balaban J connectivity index is 1.87. The van der Waals surface area contributed by atoms with Crippen LogP contribution < -0.4 is 21.6 Å². The van der Waals surface area contributed by atoms with E-state index in [2.05, 4.69) is 42.6 Å². The van der Waals surface area contributed by atoms with Crippen molar-refractivity contribution in [3.8, 4) is 5.75 Å². The van der Waals surface area contributed by atoms with Crippen molar-refractivity contribution in [1.29, 1.82) is 0 Å². The van der Waals surface area contributed by atoms with Crippen LogP contribution in [0.2, 0.25) is 0 Å². The van der Waals surface area contributed by atoms with Gasteiger partial charge in [0.15, 0.2) is 0 Å². The smallest absolute Gasteiger partial charge is 0.129 e. The fourth-order valence-corrected chi connectivity index (χ4v) is 2.36. The lowest BCUT2D eigenvalue weighted by atomic mass is 10.1. The maximum Gasteiger partial charge on any atom is 0.129 e. The van der Waals surface area contributed by atoms with Crippen LogP contribution in [0.5, 0.6) is 5.75 Å². The summed E-state index contributed by atoms with van der Waals surface area (Å²) in [4.78, 5) is 0. The van der Waals surface area contributed by atoms with Gasteiger partial charge in [0.05, 0.1) is 12.2 Å². The average Bonchev–Trinajstić information content (AvgIpc) is 2.67. The molecular formula is C21H27FN4O. The first-order valence-corrected chi connectivity index (χ1v) is 8.89. The summed E-state index contributed by atoms with van der Waals surface area (Å²) in [6, 6.07) is 16.0. The molecule has 0 unspecified atom stereocenters. The predicted molar refractivity (Wildman–Crippen MR) is 111 cm³/mol. The quantitative estimate of drug-likeness (QED) is 0.338. The number of rotatable bonds is 10. The molecule has 6 heteroatoms. The van der Waals surface area contributed by atoms with Crippen molar-refractivity contribution in [3.63, 3.8) is 0 Å². The highest BCUT2D eigenvalue weighted by Crippen LogP contribution is 2.16. The first-order chi connectivity index (χ1) is 13.1. The van der Waals surface area contributed by atoms with E-state index in [1.165, 1.54) is 11.2 Å². The Labute approximate surface area is 160 Å². The molecule has 0 heterocycles. The number of anilines is 1. The first-order valence-electron chi connectivity index (χ1n) is 8.89. The second-order valence-electron chi connectivity index (χ2n) is 5.97. The van der Waals surface area contributed by atoms with E-state index in [0.717, 1.165) is 23.4 Å². The Morgan fingerprint density at radius 1 is 1.07 bits per heavy atom. The van der Waals surface area contributed by atoms with Crippen molar-refractivity contribution in [1.82, 2.24) is 5.01 Å². The zero-order valence-corrected chi connectivity index (χ0v) is 15.6. The van der Waals surface area contributed by atoms with Gasteiger partial charge in [-0.15, -0.1) is 0 Å². The predicted octanol–water partition coefficient (Wildman–Crippen LogP) is 3.61. The number of benzene rings is 2. The van der Waals surface area contributed by atoms with E-state index in [1.807, 2.05) is 30.3 Å². The van der Waals surface area contributed by atoms with Gasteiger partial charge < -0.3 is 20.8 Å². The van der Waals surface area contributed by atoms with E-state index in [-0.39, 0.29) is 13.2 Å². The van der Waals surface area contributed by atoms with E-state index in [4.69, 9.17) is 16.3 Å². The summed E-state index contributed by atoms with van der Waals surface area (Å²) < 4.78 is 17.8. The molecule has 0 amide bonds. The molecule has 0 bridgehead atoms. The Morgan fingerprint density at radius 2 is 1.67 bits per heavy atom. The SMILES string of the molecule is CCNc1ccc(/C=C/c2ccc(OC/C(N)=C/N(N)CCF)cc2)cc1. The Bertz CT molecular complexity index is 742. The summed E-state index contributed by atoms with van der Waals surface area (Å²) in [5, 5.41) is 4.48. The lowest BCUT2D eigenvalue weighted by Gasteiger charge is -2.13. The van der Waals surface area contributed by atoms with Gasteiger partial charge in [0, 0.05) is 18.4 Å². The van der Waals surface area contributed by atoms with Crippen LogP contribution in [0.4, 0.5) is 10.1 Å². The van der Waals surface area contributed by atoms with Gasteiger partial charge in [0.25, 0.3) is 0 Å². The molecule has 0 aliphatic rings. The molecule has 0 saturated carbocycles. The van der Waals surface area contributed by atoms with Crippen molar-refractivity contribution < 1.29 is 9.13 Å². The van der Waals surface area contributed by atoms with Crippen LogP contribution >= 0.6 is 0 Å². The van der Waals surface area contributed by atoms with E-state index in [1.54, 1.807) is 0 Å². The number of ether oxygens (including phenoxy) is 1. The van der Waals surface area contributed by atoms with Crippen LogP contribution in [-0.4, -0.2) is 31.4 Å². The molecular weight excluding hydrogens is 343 g/mol. The first kappa shape index (κ1) is 20.3. The Kier molecular flexibility index (Phi) is 8.19.